The summed E-state index contributed by atoms with van der Waals surface area (Å²) in [6.45, 7) is 4.19. The molecule has 2 rings (SSSR count). The zero-order valence-corrected chi connectivity index (χ0v) is 17.9. The second-order valence-corrected chi connectivity index (χ2v) is 7.64. The maximum absolute atomic E-state index is 12.2. The molecule has 1 N–H and O–H groups in total. The van der Waals surface area contributed by atoms with E-state index in [-0.39, 0.29) is 17.4 Å². The highest BCUT2D eigenvalue weighted by molar-refractivity contribution is 6.32. The lowest BCUT2D eigenvalue weighted by molar-refractivity contribution is -0.274. The molecule has 0 saturated carbocycles. The Labute approximate surface area is 183 Å². The summed E-state index contributed by atoms with van der Waals surface area (Å²) in [6.07, 6.45) is -3.30. The molecule has 0 aliphatic carbocycles. The number of benzene rings is 2. The van der Waals surface area contributed by atoms with Crippen LogP contribution in [0.25, 0.3) is 0 Å². The van der Waals surface area contributed by atoms with Crippen LogP contribution in [0, 0.1) is 5.41 Å². The van der Waals surface area contributed by atoms with Gasteiger partial charge in [-0.3, -0.25) is 4.79 Å². The molecule has 0 spiro atoms. The fourth-order valence-corrected chi connectivity index (χ4v) is 2.96. The van der Waals surface area contributed by atoms with E-state index in [1.807, 2.05) is 19.1 Å². The van der Waals surface area contributed by atoms with Gasteiger partial charge < -0.3 is 19.3 Å². The van der Waals surface area contributed by atoms with Gasteiger partial charge in [-0.1, -0.05) is 30.7 Å². The van der Waals surface area contributed by atoms with Crippen LogP contribution >= 0.6 is 11.6 Å². The van der Waals surface area contributed by atoms with Crippen molar-refractivity contribution < 1.29 is 37.3 Å². The van der Waals surface area contributed by atoms with Gasteiger partial charge >= 0.3 is 12.3 Å². The molecule has 5 nitrogen and oxygen atoms in total. The molecule has 9 heteroatoms. The molecule has 0 fully saturated rings. The predicted molar refractivity (Wildman–Crippen MR) is 110 cm³/mol. The topological polar surface area (TPSA) is 65.0 Å². The van der Waals surface area contributed by atoms with E-state index in [1.54, 1.807) is 19.1 Å². The summed E-state index contributed by atoms with van der Waals surface area (Å²) in [5.74, 6) is -0.348. The third-order valence-corrected chi connectivity index (χ3v) is 5.06. The normalized spacial score (nSPS) is 13.4. The molecule has 1 atom stereocenters. The van der Waals surface area contributed by atoms with Crippen molar-refractivity contribution in [2.24, 2.45) is 5.41 Å². The molecule has 0 aliphatic rings. The van der Waals surface area contributed by atoms with Crippen LogP contribution in [0.4, 0.5) is 13.2 Å². The number of halogens is 4. The second kappa shape index (κ2) is 10.6. The van der Waals surface area contributed by atoms with Crippen molar-refractivity contribution in [3.05, 3.63) is 53.1 Å². The average Bonchev–Trinajstić information content (AvgIpc) is 2.69. The number of aliphatic carboxylic acids is 1. The average molecular weight is 461 g/mol. The number of ether oxygens (including phenoxy) is 3. The molecule has 0 saturated heterocycles. The third kappa shape index (κ3) is 7.86. The third-order valence-electron chi connectivity index (χ3n) is 4.77. The summed E-state index contributed by atoms with van der Waals surface area (Å²) in [6, 6.07) is 10.7. The Balaban J connectivity index is 1.76. The molecule has 170 valence electrons. The van der Waals surface area contributed by atoms with Gasteiger partial charge in [0.05, 0.1) is 23.7 Å². The minimum atomic E-state index is -4.78. The first-order chi connectivity index (χ1) is 14.5. The Morgan fingerprint density at radius 1 is 1.03 bits per heavy atom. The van der Waals surface area contributed by atoms with Crippen molar-refractivity contribution in [3.63, 3.8) is 0 Å². The molecule has 0 heterocycles. The number of hydrogen-bond donors (Lipinski definition) is 1. The van der Waals surface area contributed by atoms with Crippen molar-refractivity contribution in [1.82, 2.24) is 0 Å². The molecule has 2 aromatic rings. The van der Waals surface area contributed by atoms with Gasteiger partial charge in [0.25, 0.3) is 0 Å². The predicted octanol–water partition coefficient (Wildman–Crippen LogP) is 6.13. The largest absolute Gasteiger partial charge is 0.573 e. The SMILES string of the molecule is CC[C@@](C)(Cc1ccc(OCCCOc2ccc(OC(F)(F)F)cc2Cl)cc1)C(=O)O. The molecule has 31 heavy (non-hydrogen) atoms. The lowest BCUT2D eigenvalue weighted by atomic mass is 9.81. The van der Waals surface area contributed by atoms with E-state index in [1.165, 1.54) is 6.07 Å². The number of carboxylic acids is 1. The van der Waals surface area contributed by atoms with Crippen LogP contribution in [0.3, 0.4) is 0 Å². The fraction of sp³-hybridized carbons (Fsp3) is 0.409. The minimum Gasteiger partial charge on any atom is -0.493 e. The van der Waals surface area contributed by atoms with Gasteiger partial charge in [-0.25, -0.2) is 0 Å². The number of carboxylic acid groups (broad SMARTS) is 1. The van der Waals surface area contributed by atoms with Crippen LogP contribution in [-0.4, -0.2) is 30.7 Å². The Morgan fingerprint density at radius 2 is 1.65 bits per heavy atom. The first-order valence-corrected chi connectivity index (χ1v) is 10.0. The van der Waals surface area contributed by atoms with Gasteiger partial charge in [-0.05, 0) is 49.6 Å². The van der Waals surface area contributed by atoms with Crippen LogP contribution in [0.15, 0.2) is 42.5 Å². The van der Waals surface area contributed by atoms with E-state index in [2.05, 4.69) is 4.74 Å². The summed E-state index contributed by atoms with van der Waals surface area (Å²) in [5, 5.41) is 9.39. The summed E-state index contributed by atoms with van der Waals surface area (Å²) in [5.41, 5.74) is 0.105. The van der Waals surface area contributed by atoms with Gasteiger partial charge in [0.2, 0.25) is 0 Å². The van der Waals surface area contributed by atoms with Crippen LogP contribution in [0.1, 0.15) is 32.3 Å². The highest BCUT2D eigenvalue weighted by Gasteiger charge is 2.32. The number of alkyl halides is 3. The smallest absolute Gasteiger partial charge is 0.493 e. The summed E-state index contributed by atoms with van der Waals surface area (Å²) in [4.78, 5) is 11.4. The van der Waals surface area contributed by atoms with E-state index in [0.29, 0.717) is 31.6 Å². The number of rotatable bonds is 11. The highest BCUT2D eigenvalue weighted by Crippen LogP contribution is 2.32. The van der Waals surface area contributed by atoms with Gasteiger partial charge in [0.15, 0.2) is 0 Å². The second-order valence-electron chi connectivity index (χ2n) is 7.23. The Bertz CT molecular complexity index is 870. The van der Waals surface area contributed by atoms with E-state index in [4.69, 9.17) is 21.1 Å². The highest BCUT2D eigenvalue weighted by atomic mass is 35.5. The van der Waals surface area contributed by atoms with E-state index in [9.17, 15) is 23.1 Å². The molecule has 0 radical (unpaired) electrons. The van der Waals surface area contributed by atoms with E-state index >= 15 is 0 Å². The van der Waals surface area contributed by atoms with E-state index in [0.717, 1.165) is 17.7 Å². The zero-order valence-electron chi connectivity index (χ0n) is 17.2. The molecule has 2 aromatic carbocycles. The van der Waals surface area contributed by atoms with Gasteiger partial charge in [-0.15, -0.1) is 13.2 Å². The van der Waals surface area contributed by atoms with Crippen LogP contribution in [0.2, 0.25) is 5.02 Å². The van der Waals surface area contributed by atoms with Crippen LogP contribution in [0.5, 0.6) is 17.2 Å². The Kier molecular flexibility index (Phi) is 8.44. The fourth-order valence-electron chi connectivity index (χ4n) is 2.73. The molecule has 0 unspecified atom stereocenters. The first kappa shape index (κ1) is 24.7. The summed E-state index contributed by atoms with van der Waals surface area (Å²) >= 11 is 5.92. The maximum Gasteiger partial charge on any atom is 0.573 e. The monoisotopic (exact) mass is 460 g/mol. The van der Waals surface area contributed by atoms with Crippen molar-refractivity contribution in [3.8, 4) is 17.2 Å². The molecule has 0 bridgehead atoms. The van der Waals surface area contributed by atoms with Crippen molar-refractivity contribution >= 4 is 17.6 Å². The quantitative estimate of drug-likeness (QED) is 0.409. The summed E-state index contributed by atoms with van der Waals surface area (Å²) < 4.78 is 51.5. The van der Waals surface area contributed by atoms with Crippen LogP contribution < -0.4 is 14.2 Å². The number of carbonyl (C=O) groups is 1. The number of hydrogen-bond acceptors (Lipinski definition) is 4. The van der Waals surface area contributed by atoms with Gasteiger partial charge in [-0.2, -0.15) is 0 Å². The first-order valence-electron chi connectivity index (χ1n) is 9.65. The lowest BCUT2D eigenvalue weighted by Crippen LogP contribution is -2.29. The summed E-state index contributed by atoms with van der Waals surface area (Å²) in [7, 11) is 0. The van der Waals surface area contributed by atoms with Crippen molar-refractivity contribution in [2.45, 2.75) is 39.5 Å². The minimum absolute atomic E-state index is 0.0127. The molecular weight excluding hydrogens is 437 g/mol. The van der Waals surface area contributed by atoms with E-state index < -0.39 is 23.5 Å². The maximum atomic E-state index is 12.2. The van der Waals surface area contributed by atoms with Gasteiger partial charge in [0.1, 0.15) is 17.2 Å². The molecule has 0 aliphatic heterocycles. The van der Waals surface area contributed by atoms with Crippen molar-refractivity contribution in [1.29, 1.82) is 0 Å². The standard InChI is InChI=1S/C22H24ClF3O5/c1-3-21(2,20(27)28)14-15-5-7-16(8-6-15)29-11-4-12-30-19-10-9-17(13-18(19)23)31-22(24,25)26/h5-10,13H,3-4,11-12,14H2,1-2H3,(H,27,28)/t21-/m0/s1. The molecular formula is C22H24ClF3O5. The Hall–Kier alpha value is -2.61. The van der Waals surface area contributed by atoms with Crippen molar-refractivity contribution in [2.75, 3.05) is 13.2 Å². The zero-order chi connectivity index (χ0) is 23.1. The van der Waals surface area contributed by atoms with Gasteiger partial charge in [0, 0.05) is 12.5 Å². The van der Waals surface area contributed by atoms with Crippen LogP contribution in [-0.2, 0) is 11.2 Å². The lowest BCUT2D eigenvalue weighted by Gasteiger charge is -2.23. The molecule has 0 aromatic heterocycles. The molecule has 0 amide bonds. The Morgan fingerprint density at radius 3 is 2.19 bits per heavy atom.